The smallest absolute Gasteiger partial charge is 0.224 e. The molecule has 2 aliphatic heterocycles. The summed E-state index contributed by atoms with van der Waals surface area (Å²) in [5.74, 6) is -2.52. The van der Waals surface area contributed by atoms with E-state index in [1.54, 1.807) is 0 Å². The number of rotatable bonds is 19. The lowest BCUT2D eigenvalue weighted by atomic mass is 9.98. The Morgan fingerprint density at radius 3 is 1.44 bits per heavy atom. The lowest BCUT2D eigenvalue weighted by Gasteiger charge is -2.43. The Labute approximate surface area is 255 Å². The van der Waals surface area contributed by atoms with Crippen LogP contribution < -0.4 is 0 Å². The second-order valence-electron chi connectivity index (χ2n) is 10.9. The molecular formula is C24H46O21. The molecule has 21 heteroatoms. The Balaban J connectivity index is 2.00. The predicted octanol–water partition coefficient (Wildman–Crippen LogP) is -10.5. The molecule has 16 N–H and O–H groups in total. The predicted molar refractivity (Wildman–Crippen MR) is 138 cm³/mol. The molecule has 2 heterocycles. The highest BCUT2D eigenvalue weighted by atomic mass is 16.8. The van der Waals surface area contributed by atoms with Gasteiger partial charge in [0.2, 0.25) is 5.79 Å². The Bertz CT molecular complexity index is 843. The van der Waals surface area contributed by atoms with E-state index >= 15 is 0 Å². The summed E-state index contributed by atoms with van der Waals surface area (Å²) in [5.41, 5.74) is 0. The van der Waals surface area contributed by atoms with Gasteiger partial charge in [0, 0.05) is 0 Å². The molecule has 0 saturated carbocycles. The Kier molecular flexibility index (Phi) is 16.2. The van der Waals surface area contributed by atoms with Crippen molar-refractivity contribution in [2.45, 2.75) is 104 Å². The average molecular weight is 671 g/mol. The maximum atomic E-state index is 10.6. The molecule has 0 bridgehead atoms. The summed E-state index contributed by atoms with van der Waals surface area (Å²) in [5, 5.41) is 158. The number of aliphatic hydroxyl groups is 16. The van der Waals surface area contributed by atoms with Gasteiger partial charge >= 0.3 is 0 Å². The van der Waals surface area contributed by atoms with Crippen molar-refractivity contribution >= 4 is 0 Å². The van der Waals surface area contributed by atoms with E-state index < -0.39 is 150 Å². The van der Waals surface area contributed by atoms with Crippen molar-refractivity contribution in [2.75, 3.05) is 46.2 Å². The van der Waals surface area contributed by atoms with Crippen LogP contribution in [0.25, 0.3) is 0 Å². The van der Waals surface area contributed by atoms with E-state index in [0.29, 0.717) is 0 Å². The number of hydrogen-bond acceptors (Lipinski definition) is 21. The fourth-order valence-electron chi connectivity index (χ4n) is 4.54. The van der Waals surface area contributed by atoms with Crippen molar-refractivity contribution in [1.82, 2.24) is 0 Å². The van der Waals surface area contributed by atoms with Gasteiger partial charge in [-0.05, 0) is 0 Å². The first-order valence-corrected chi connectivity index (χ1v) is 13.9. The van der Waals surface area contributed by atoms with Crippen LogP contribution >= 0.6 is 0 Å². The van der Waals surface area contributed by atoms with Crippen LogP contribution in [0.1, 0.15) is 0 Å². The SMILES string of the molecule is OC[C@@H](O)[C@@H](O)[C@H](O)[C@@H](O)COC[C@H]1O[C@@](CO)(O[C@H]2O[C@H](COC[C@@H](O)[C@@H](O)[C@H](O)[C@@H](O)CO)[C@@H](O)[C@H](O)[C@H]2O)[C@@H](O)[C@@H]1O. The topological polar surface area (TPSA) is 370 Å². The van der Waals surface area contributed by atoms with Crippen LogP contribution in [-0.2, 0) is 23.7 Å². The molecule has 0 spiro atoms. The summed E-state index contributed by atoms with van der Waals surface area (Å²) in [4.78, 5) is 0. The largest absolute Gasteiger partial charge is 0.394 e. The van der Waals surface area contributed by atoms with Gasteiger partial charge < -0.3 is 105 Å². The zero-order valence-electron chi connectivity index (χ0n) is 23.9. The molecule has 0 aliphatic carbocycles. The van der Waals surface area contributed by atoms with E-state index in [4.69, 9.17) is 33.9 Å². The molecule has 0 radical (unpaired) electrons. The molecule has 2 aliphatic rings. The minimum atomic E-state index is -2.52. The van der Waals surface area contributed by atoms with Crippen LogP contribution in [0.4, 0.5) is 0 Å². The van der Waals surface area contributed by atoms with E-state index in [-0.39, 0.29) is 0 Å². The minimum absolute atomic E-state index is 0.615. The lowest BCUT2D eigenvalue weighted by Crippen LogP contribution is -2.63. The fourth-order valence-corrected chi connectivity index (χ4v) is 4.54. The normalized spacial score (nSPS) is 37.9. The van der Waals surface area contributed by atoms with Gasteiger partial charge in [-0.25, -0.2) is 0 Å². The molecule has 0 unspecified atom stereocenters. The molecule has 0 amide bonds. The van der Waals surface area contributed by atoms with Crippen LogP contribution in [0.3, 0.4) is 0 Å². The Morgan fingerprint density at radius 2 is 1.00 bits per heavy atom. The highest BCUT2D eigenvalue weighted by Crippen LogP contribution is 2.36. The third-order valence-corrected chi connectivity index (χ3v) is 7.50. The van der Waals surface area contributed by atoms with E-state index in [2.05, 4.69) is 0 Å². The molecule has 2 saturated heterocycles. The van der Waals surface area contributed by atoms with Crippen LogP contribution in [0.15, 0.2) is 0 Å². The molecule has 2 rings (SSSR count). The maximum absolute atomic E-state index is 10.6. The van der Waals surface area contributed by atoms with Gasteiger partial charge in [-0.1, -0.05) is 0 Å². The molecule has 21 nitrogen and oxygen atoms in total. The van der Waals surface area contributed by atoms with Crippen molar-refractivity contribution in [3.63, 3.8) is 0 Å². The van der Waals surface area contributed by atoms with Gasteiger partial charge in [0.05, 0.1) is 39.6 Å². The van der Waals surface area contributed by atoms with E-state index in [1.165, 1.54) is 0 Å². The first kappa shape index (κ1) is 40.3. The van der Waals surface area contributed by atoms with Crippen molar-refractivity contribution in [3.05, 3.63) is 0 Å². The summed E-state index contributed by atoms with van der Waals surface area (Å²) < 4.78 is 26.6. The molecule has 45 heavy (non-hydrogen) atoms. The summed E-state index contributed by atoms with van der Waals surface area (Å²) in [6.45, 7) is -5.66. The van der Waals surface area contributed by atoms with Crippen molar-refractivity contribution in [3.8, 4) is 0 Å². The van der Waals surface area contributed by atoms with E-state index in [9.17, 15) is 71.5 Å². The van der Waals surface area contributed by atoms with Gasteiger partial charge in [-0.3, -0.25) is 0 Å². The Morgan fingerprint density at radius 1 is 0.556 bits per heavy atom. The van der Waals surface area contributed by atoms with Crippen LogP contribution in [-0.4, -0.2) is 232 Å². The zero-order chi connectivity index (χ0) is 34.2. The molecule has 268 valence electrons. The summed E-state index contributed by atoms with van der Waals surface area (Å²) in [7, 11) is 0. The Hall–Kier alpha value is -0.840. The molecule has 2 fully saturated rings. The second kappa shape index (κ2) is 18.1. The summed E-state index contributed by atoms with van der Waals surface area (Å²) in [6.07, 6.45) is -29.5. The first-order valence-electron chi connectivity index (χ1n) is 13.9. The summed E-state index contributed by atoms with van der Waals surface area (Å²) >= 11 is 0. The van der Waals surface area contributed by atoms with E-state index in [1.807, 2.05) is 0 Å². The molecular weight excluding hydrogens is 624 g/mol. The second-order valence-corrected chi connectivity index (χ2v) is 10.9. The monoisotopic (exact) mass is 670 g/mol. The third-order valence-electron chi connectivity index (χ3n) is 7.50. The van der Waals surface area contributed by atoms with Crippen LogP contribution in [0.2, 0.25) is 0 Å². The van der Waals surface area contributed by atoms with Gasteiger partial charge in [0.25, 0.3) is 0 Å². The average Bonchev–Trinajstić information content (AvgIpc) is 3.27. The fraction of sp³-hybridized carbons (Fsp3) is 1.00. The van der Waals surface area contributed by atoms with Crippen molar-refractivity contribution in [2.24, 2.45) is 0 Å². The first-order chi connectivity index (χ1) is 21.1. The number of aliphatic hydroxyl groups excluding tert-OH is 16. The number of hydrogen-bond donors (Lipinski definition) is 16. The van der Waals surface area contributed by atoms with Gasteiger partial charge in [-0.15, -0.1) is 0 Å². The highest BCUT2D eigenvalue weighted by molar-refractivity contribution is 4.99. The van der Waals surface area contributed by atoms with Gasteiger partial charge in [0.1, 0.15) is 98.2 Å². The summed E-state index contributed by atoms with van der Waals surface area (Å²) in [6, 6.07) is 0. The minimum Gasteiger partial charge on any atom is -0.394 e. The third kappa shape index (κ3) is 9.85. The standard InChI is InChI=1S/C24H46O21/c25-1-8(28)14(32)16(34)10(30)3-41-5-12-18(36)20(38)21(39)23(43-12)45-24(7-27)22(40)19(37)13(44-24)6-42-4-11(31)17(35)15(33)9(29)2-26/h8-23,25-40H,1-7H2/t8-,9+,10+,11-,12+,13+,14+,15+,16+,17+,18+,19+,20-,21+,22-,23+,24-/m0/s1. The van der Waals surface area contributed by atoms with E-state index in [0.717, 1.165) is 0 Å². The van der Waals surface area contributed by atoms with Gasteiger partial charge in [-0.2, -0.15) is 0 Å². The van der Waals surface area contributed by atoms with Crippen LogP contribution in [0.5, 0.6) is 0 Å². The molecule has 17 atom stereocenters. The maximum Gasteiger partial charge on any atom is 0.224 e. The molecule has 0 aromatic carbocycles. The van der Waals surface area contributed by atoms with Crippen molar-refractivity contribution < 1.29 is 105 Å². The lowest BCUT2D eigenvalue weighted by molar-refractivity contribution is -0.384. The zero-order valence-corrected chi connectivity index (χ0v) is 23.9. The highest BCUT2D eigenvalue weighted by Gasteiger charge is 2.58. The molecule has 0 aromatic rings. The van der Waals surface area contributed by atoms with Gasteiger partial charge in [0.15, 0.2) is 6.29 Å². The quantitative estimate of drug-likeness (QED) is 0.0606. The number of ether oxygens (including phenoxy) is 5. The molecule has 0 aromatic heterocycles. The van der Waals surface area contributed by atoms with Crippen LogP contribution in [0, 0.1) is 0 Å². The van der Waals surface area contributed by atoms with Crippen molar-refractivity contribution in [1.29, 1.82) is 0 Å².